The number of anilines is 1. The maximum Gasteiger partial charge on any atom is 0.226 e. The fraction of sp³-hybridized carbons (Fsp3) is 0.857. The van der Waals surface area contributed by atoms with Crippen molar-refractivity contribution in [1.82, 2.24) is 4.98 Å². The lowest BCUT2D eigenvalue weighted by Crippen LogP contribution is -2.62. The Morgan fingerprint density at radius 1 is 1.17 bits per heavy atom. The van der Waals surface area contributed by atoms with E-state index in [0.29, 0.717) is 41.1 Å². The molecule has 4 N–H and O–H groups in total. The van der Waals surface area contributed by atoms with Crippen LogP contribution in [0.3, 0.4) is 0 Å². The van der Waals surface area contributed by atoms with Gasteiger partial charge in [0.1, 0.15) is 0 Å². The van der Waals surface area contributed by atoms with Crippen molar-refractivity contribution in [3.63, 3.8) is 0 Å². The Morgan fingerprint density at radius 3 is 2.66 bits per heavy atom. The number of carbonyl (C=O) groups excluding carboxylic acids is 1. The van der Waals surface area contributed by atoms with Gasteiger partial charge in [-0.15, -0.1) is 11.3 Å². The van der Waals surface area contributed by atoms with Crippen molar-refractivity contribution in [2.45, 2.75) is 104 Å². The molecule has 0 spiro atoms. The van der Waals surface area contributed by atoms with Crippen LogP contribution in [0.25, 0.3) is 0 Å². The van der Waals surface area contributed by atoms with Crippen molar-refractivity contribution in [1.29, 1.82) is 0 Å². The van der Waals surface area contributed by atoms with Crippen molar-refractivity contribution in [3.8, 4) is 0 Å². The number of amides is 1. The van der Waals surface area contributed by atoms with E-state index in [9.17, 15) is 20.1 Å². The third-order valence-electron chi connectivity index (χ3n) is 11.2. The van der Waals surface area contributed by atoms with E-state index >= 15 is 0 Å². The van der Waals surface area contributed by atoms with E-state index in [2.05, 4.69) is 31.1 Å². The summed E-state index contributed by atoms with van der Waals surface area (Å²) in [6.45, 7) is 8.82. The summed E-state index contributed by atoms with van der Waals surface area (Å²) in [6, 6.07) is 0. The minimum atomic E-state index is -0.384. The highest BCUT2D eigenvalue weighted by Crippen LogP contribution is 2.68. The van der Waals surface area contributed by atoms with Gasteiger partial charge in [-0.05, 0) is 105 Å². The Labute approximate surface area is 213 Å². The van der Waals surface area contributed by atoms with Crippen LogP contribution in [-0.4, -0.2) is 44.5 Å². The van der Waals surface area contributed by atoms with Gasteiger partial charge in [-0.1, -0.05) is 20.8 Å². The maximum atomic E-state index is 12.5. The summed E-state index contributed by atoms with van der Waals surface area (Å²) in [4.78, 5) is 16.9. The Balaban J connectivity index is 1.29. The van der Waals surface area contributed by atoms with E-state index in [1.165, 1.54) is 11.3 Å². The smallest absolute Gasteiger partial charge is 0.226 e. The van der Waals surface area contributed by atoms with Gasteiger partial charge in [0, 0.05) is 11.8 Å². The van der Waals surface area contributed by atoms with E-state index in [1.807, 2.05) is 12.3 Å². The summed E-state index contributed by atoms with van der Waals surface area (Å²) < 4.78 is 0. The third-order valence-corrected chi connectivity index (χ3v) is 12.1. The minimum absolute atomic E-state index is 0.0105. The van der Waals surface area contributed by atoms with E-state index in [1.54, 1.807) is 0 Å². The number of carbonyl (C=O) groups is 1. The summed E-state index contributed by atoms with van der Waals surface area (Å²) in [7, 11) is 0. The van der Waals surface area contributed by atoms with Gasteiger partial charge >= 0.3 is 0 Å². The number of thiazole rings is 1. The molecule has 1 heterocycles. The molecule has 4 saturated carbocycles. The van der Waals surface area contributed by atoms with Crippen LogP contribution in [0.1, 0.15) is 84.3 Å². The van der Waals surface area contributed by atoms with Gasteiger partial charge in [0.2, 0.25) is 5.91 Å². The maximum absolute atomic E-state index is 12.5. The summed E-state index contributed by atoms with van der Waals surface area (Å²) in [6.07, 6.45) is 6.56. The Hall–Kier alpha value is -1.02. The predicted molar refractivity (Wildman–Crippen MR) is 138 cm³/mol. The second-order valence-electron chi connectivity index (χ2n) is 12.9. The molecule has 7 heteroatoms. The molecule has 5 rings (SSSR count). The number of nitrogens with zero attached hydrogens (tertiary/aromatic N) is 1. The number of aryl methyl sites for hydroxylation is 1. The van der Waals surface area contributed by atoms with Gasteiger partial charge in [0.15, 0.2) is 5.13 Å². The fourth-order valence-electron chi connectivity index (χ4n) is 9.28. The first-order valence-electron chi connectivity index (χ1n) is 13.8. The molecule has 0 saturated heterocycles. The lowest BCUT2D eigenvalue weighted by atomic mass is 9.43. The number of aromatic nitrogens is 1. The Kier molecular flexibility index (Phi) is 6.86. The fourth-order valence-corrected chi connectivity index (χ4v) is 9.99. The number of aliphatic hydroxyl groups is 3. The molecule has 0 aromatic carbocycles. The molecule has 35 heavy (non-hydrogen) atoms. The second kappa shape index (κ2) is 9.38. The van der Waals surface area contributed by atoms with Gasteiger partial charge < -0.3 is 20.6 Å². The molecular formula is C28H44N2O4S. The molecule has 4 aliphatic rings. The molecule has 1 amide bonds. The zero-order valence-electron chi connectivity index (χ0n) is 21.7. The first-order valence-corrected chi connectivity index (χ1v) is 14.7. The van der Waals surface area contributed by atoms with Crippen LogP contribution in [0, 0.1) is 53.3 Å². The van der Waals surface area contributed by atoms with Crippen LogP contribution in [0.15, 0.2) is 5.38 Å². The van der Waals surface area contributed by atoms with Gasteiger partial charge in [0.25, 0.3) is 0 Å². The highest BCUT2D eigenvalue weighted by atomic mass is 32.1. The van der Waals surface area contributed by atoms with E-state index < -0.39 is 0 Å². The number of hydrogen-bond acceptors (Lipinski definition) is 6. The van der Waals surface area contributed by atoms with Crippen LogP contribution in [-0.2, 0) is 4.79 Å². The zero-order valence-corrected chi connectivity index (χ0v) is 22.6. The molecule has 0 aliphatic heterocycles. The zero-order chi connectivity index (χ0) is 25.1. The van der Waals surface area contributed by atoms with Crippen LogP contribution in [0.5, 0.6) is 0 Å². The average Bonchev–Trinajstić information content (AvgIpc) is 3.37. The van der Waals surface area contributed by atoms with Gasteiger partial charge in [0.05, 0.1) is 24.0 Å². The lowest BCUT2D eigenvalue weighted by molar-refractivity contribution is -0.207. The minimum Gasteiger partial charge on any atom is -0.393 e. The highest BCUT2D eigenvalue weighted by Gasteiger charge is 2.65. The Morgan fingerprint density at radius 2 is 1.94 bits per heavy atom. The highest BCUT2D eigenvalue weighted by molar-refractivity contribution is 7.13. The first-order chi connectivity index (χ1) is 16.5. The topological polar surface area (TPSA) is 103 Å². The third kappa shape index (κ3) is 4.28. The van der Waals surface area contributed by atoms with Crippen molar-refractivity contribution in [3.05, 3.63) is 11.1 Å². The average molecular weight is 505 g/mol. The molecule has 0 unspecified atom stereocenters. The summed E-state index contributed by atoms with van der Waals surface area (Å²) in [5.74, 6) is 1.90. The summed E-state index contributed by atoms with van der Waals surface area (Å²) in [5.41, 5.74) is 0.797. The molecular weight excluding hydrogens is 460 g/mol. The standard InChI is InChI=1S/C28H44N2O4S/c1-15(5-8-24(34)30-26-29-16(2)14-35-26)19-6-7-20-25-21(13-23(33)28(19,20)4)27(3)10-9-18(31)11-17(27)12-22(25)32/h14-15,17-23,25,31-33H,5-13H2,1-4H3,(H,29,30,34)/t15-,17-,18-,19+,20-,21-,22-,23+,25+,27+,28-/m1/s1. The van der Waals surface area contributed by atoms with Gasteiger partial charge in [-0.3, -0.25) is 4.79 Å². The number of hydrogen-bond donors (Lipinski definition) is 4. The van der Waals surface area contributed by atoms with Crippen LogP contribution in [0.4, 0.5) is 5.13 Å². The first kappa shape index (κ1) is 25.6. The summed E-state index contributed by atoms with van der Waals surface area (Å²) >= 11 is 1.46. The largest absolute Gasteiger partial charge is 0.393 e. The number of aliphatic hydroxyl groups excluding tert-OH is 3. The summed E-state index contributed by atoms with van der Waals surface area (Å²) in [5, 5.41) is 38.9. The molecule has 1 aromatic heterocycles. The Bertz CT molecular complexity index is 938. The molecule has 0 radical (unpaired) electrons. The van der Waals surface area contributed by atoms with Crippen LogP contribution >= 0.6 is 11.3 Å². The molecule has 196 valence electrons. The normalized spacial score (nSPS) is 45.8. The number of rotatable bonds is 5. The van der Waals surface area contributed by atoms with Crippen molar-refractivity contribution in [2.24, 2.45) is 46.3 Å². The lowest BCUT2D eigenvalue weighted by Gasteiger charge is -2.63. The quantitative estimate of drug-likeness (QED) is 0.463. The molecule has 0 bridgehead atoms. The van der Waals surface area contributed by atoms with Crippen molar-refractivity contribution < 1.29 is 20.1 Å². The van der Waals surface area contributed by atoms with Crippen molar-refractivity contribution in [2.75, 3.05) is 5.32 Å². The van der Waals surface area contributed by atoms with Crippen LogP contribution in [0.2, 0.25) is 0 Å². The van der Waals surface area contributed by atoms with Gasteiger partial charge in [-0.2, -0.15) is 0 Å². The van der Waals surface area contributed by atoms with Gasteiger partial charge in [-0.25, -0.2) is 4.98 Å². The van der Waals surface area contributed by atoms with E-state index in [-0.39, 0.29) is 41.0 Å². The molecule has 6 nitrogen and oxygen atoms in total. The van der Waals surface area contributed by atoms with E-state index in [4.69, 9.17) is 0 Å². The molecule has 1 aromatic rings. The molecule has 11 atom stereocenters. The number of fused-ring (bicyclic) bond motifs is 5. The molecule has 4 aliphatic carbocycles. The second-order valence-corrected chi connectivity index (χ2v) is 13.7. The van der Waals surface area contributed by atoms with Crippen LogP contribution < -0.4 is 5.32 Å². The van der Waals surface area contributed by atoms with E-state index in [0.717, 1.165) is 57.1 Å². The predicted octanol–water partition coefficient (Wildman–Crippen LogP) is 4.77. The van der Waals surface area contributed by atoms with Crippen molar-refractivity contribution >= 4 is 22.4 Å². The monoisotopic (exact) mass is 504 g/mol. The molecule has 4 fully saturated rings. The number of nitrogens with one attached hydrogen (secondary N) is 1. The SMILES string of the molecule is Cc1csc(NC(=O)CC[C@@H](C)[C@@H]2CC[C@@H]3[C@@H]4[C@H](O)C[C@H]5C[C@H](O)CC[C@]5(C)[C@@H]4C[C@H](O)[C@@]32C)n1.